The molecule has 11 heavy (non-hydrogen) atoms. The van der Waals surface area contributed by atoms with E-state index in [0.29, 0.717) is 0 Å². The molecule has 3 nitrogen and oxygen atoms in total. The Bertz CT molecular complexity index is 288. The van der Waals surface area contributed by atoms with Gasteiger partial charge in [0, 0.05) is 24.7 Å². The largest absolute Gasteiger partial charge is 0.313 e. The SMILES string of the molecule is N#C/C=C/C=C\n1ccnc1. The summed E-state index contributed by atoms with van der Waals surface area (Å²) >= 11 is 0. The monoisotopic (exact) mass is 145 g/mol. The molecule has 1 aromatic rings. The molecule has 0 aromatic carbocycles. The lowest BCUT2D eigenvalue weighted by Crippen LogP contribution is -1.76. The van der Waals surface area contributed by atoms with Gasteiger partial charge in [-0.05, 0) is 6.08 Å². The smallest absolute Gasteiger partial charge is 0.0986 e. The first-order valence-electron chi connectivity index (χ1n) is 3.14. The third kappa shape index (κ3) is 2.50. The maximum atomic E-state index is 8.13. The van der Waals surface area contributed by atoms with Crippen molar-refractivity contribution in [2.45, 2.75) is 0 Å². The van der Waals surface area contributed by atoms with Gasteiger partial charge in [-0.15, -0.1) is 0 Å². The molecule has 0 aliphatic heterocycles. The standard InChI is InChI=1S/C8H7N3/c9-4-2-1-3-6-11-7-5-10-8-11/h1-3,5-8H/b2-1+,6-3-. The first-order valence-corrected chi connectivity index (χ1v) is 3.14. The van der Waals surface area contributed by atoms with Crippen molar-refractivity contribution in [1.29, 1.82) is 5.26 Å². The lowest BCUT2D eigenvalue weighted by atomic mass is 10.5. The van der Waals surface area contributed by atoms with Gasteiger partial charge >= 0.3 is 0 Å². The molecule has 54 valence electrons. The van der Waals surface area contributed by atoms with Crippen LogP contribution in [0.4, 0.5) is 0 Å². The summed E-state index contributed by atoms with van der Waals surface area (Å²) in [6.07, 6.45) is 11.8. The lowest BCUT2D eigenvalue weighted by molar-refractivity contribution is 1.14. The van der Waals surface area contributed by atoms with Gasteiger partial charge in [0.05, 0.1) is 12.4 Å². The molecule has 1 rings (SSSR count). The number of nitriles is 1. The minimum atomic E-state index is 1.41. The van der Waals surface area contributed by atoms with E-state index >= 15 is 0 Å². The number of rotatable bonds is 2. The molecule has 0 aliphatic carbocycles. The highest BCUT2D eigenvalue weighted by molar-refractivity contribution is 5.28. The highest BCUT2D eigenvalue weighted by Crippen LogP contribution is 1.86. The fraction of sp³-hybridized carbons (Fsp3) is 0. The van der Waals surface area contributed by atoms with Crippen LogP contribution in [0.15, 0.2) is 36.9 Å². The Morgan fingerprint density at radius 3 is 3.00 bits per heavy atom. The number of allylic oxidation sites excluding steroid dienone is 3. The fourth-order valence-corrected chi connectivity index (χ4v) is 0.605. The van der Waals surface area contributed by atoms with Crippen molar-refractivity contribution in [1.82, 2.24) is 9.55 Å². The Labute approximate surface area is 64.9 Å². The number of nitrogens with zero attached hydrogens (tertiary/aromatic N) is 3. The fourth-order valence-electron chi connectivity index (χ4n) is 0.605. The summed E-state index contributed by atoms with van der Waals surface area (Å²) in [6, 6.07) is 1.89. The summed E-state index contributed by atoms with van der Waals surface area (Å²) in [6.45, 7) is 0. The predicted molar refractivity (Wildman–Crippen MR) is 42.3 cm³/mol. The molecule has 0 bridgehead atoms. The molecular weight excluding hydrogens is 138 g/mol. The van der Waals surface area contributed by atoms with Crippen LogP contribution in [0.25, 0.3) is 6.20 Å². The predicted octanol–water partition coefficient (Wildman–Crippen LogP) is 1.43. The van der Waals surface area contributed by atoms with E-state index in [4.69, 9.17) is 5.26 Å². The second kappa shape index (κ2) is 4.07. The molecule has 0 N–H and O–H groups in total. The van der Waals surface area contributed by atoms with Crippen LogP contribution in [-0.2, 0) is 0 Å². The zero-order valence-electron chi connectivity index (χ0n) is 5.88. The molecule has 3 heteroatoms. The summed E-state index contributed by atoms with van der Waals surface area (Å²) < 4.78 is 1.79. The molecule has 0 spiro atoms. The summed E-state index contributed by atoms with van der Waals surface area (Å²) in [5, 5.41) is 8.13. The van der Waals surface area contributed by atoms with Crippen molar-refractivity contribution in [3.05, 3.63) is 36.9 Å². The molecule has 0 saturated carbocycles. The van der Waals surface area contributed by atoms with E-state index in [-0.39, 0.29) is 0 Å². The van der Waals surface area contributed by atoms with E-state index in [0.717, 1.165) is 0 Å². The van der Waals surface area contributed by atoms with Crippen LogP contribution in [0.1, 0.15) is 0 Å². The third-order valence-corrected chi connectivity index (χ3v) is 1.06. The maximum Gasteiger partial charge on any atom is 0.0986 e. The number of hydrogen-bond donors (Lipinski definition) is 0. The number of aromatic nitrogens is 2. The Balaban J connectivity index is 2.51. The van der Waals surface area contributed by atoms with Gasteiger partial charge in [0.2, 0.25) is 0 Å². The Hall–Kier alpha value is -1.82. The van der Waals surface area contributed by atoms with E-state index < -0.39 is 0 Å². The van der Waals surface area contributed by atoms with Crippen LogP contribution in [0, 0.1) is 11.3 Å². The summed E-state index contributed by atoms with van der Waals surface area (Å²) in [5.74, 6) is 0. The van der Waals surface area contributed by atoms with Gasteiger partial charge in [0.15, 0.2) is 0 Å². The van der Waals surface area contributed by atoms with Crippen molar-refractivity contribution in [2.24, 2.45) is 0 Å². The highest BCUT2D eigenvalue weighted by atomic mass is 15.0. The van der Waals surface area contributed by atoms with Gasteiger partial charge in [-0.2, -0.15) is 5.26 Å². The van der Waals surface area contributed by atoms with Crippen LogP contribution in [0.2, 0.25) is 0 Å². The third-order valence-electron chi connectivity index (χ3n) is 1.06. The molecule has 1 aromatic heterocycles. The van der Waals surface area contributed by atoms with E-state index in [1.807, 2.05) is 12.3 Å². The second-order valence-electron chi connectivity index (χ2n) is 1.84. The van der Waals surface area contributed by atoms with E-state index in [1.54, 1.807) is 35.4 Å². The van der Waals surface area contributed by atoms with E-state index in [1.165, 1.54) is 6.08 Å². The van der Waals surface area contributed by atoms with Crippen LogP contribution in [0.5, 0.6) is 0 Å². The normalized spacial score (nSPS) is 10.8. The number of imidazole rings is 1. The first kappa shape index (κ1) is 7.29. The van der Waals surface area contributed by atoms with Crippen LogP contribution >= 0.6 is 0 Å². The van der Waals surface area contributed by atoms with Crippen LogP contribution in [0.3, 0.4) is 0 Å². The molecule has 0 radical (unpaired) electrons. The molecule has 0 unspecified atom stereocenters. The van der Waals surface area contributed by atoms with Gasteiger partial charge in [0.1, 0.15) is 0 Å². The molecule has 1 heterocycles. The van der Waals surface area contributed by atoms with Gasteiger partial charge in [-0.3, -0.25) is 0 Å². The molecular formula is C8H7N3. The summed E-state index contributed by atoms with van der Waals surface area (Å²) in [4.78, 5) is 3.84. The van der Waals surface area contributed by atoms with Crippen LogP contribution < -0.4 is 0 Å². The van der Waals surface area contributed by atoms with Crippen molar-refractivity contribution in [2.75, 3.05) is 0 Å². The van der Waals surface area contributed by atoms with E-state index in [2.05, 4.69) is 4.98 Å². The lowest BCUT2D eigenvalue weighted by Gasteiger charge is -1.84. The van der Waals surface area contributed by atoms with Gasteiger partial charge in [-0.25, -0.2) is 4.98 Å². The van der Waals surface area contributed by atoms with Gasteiger partial charge in [-0.1, -0.05) is 6.08 Å². The summed E-state index contributed by atoms with van der Waals surface area (Å²) in [5.41, 5.74) is 0. The Kier molecular flexibility index (Phi) is 2.70. The Morgan fingerprint density at radius 1 is 1.45 bits per heavy atom. The number of hydrogen-bond acceptors (Lipinski definition) is 2. The second-order valence-corrected chi connectivity index (χ2v) is 1.84. The van der Waals surface area contributed by atoms with Crippen molar-refractivity contribution in [3.63, 3.8) is 0 Å². The summed E-state index contributed by atoms with van der Waals surface area (Å²) in [7, 11) is 0. The topological polar surface area (TPSA) is 41.6 Å². The van der Waals surface area contributed by atoms with E-state index in [9.17, 15) is 0 Å². The maximum absolute atomic E-state index is 8.13. The van der Waals surface area contributed by atoms with Gasteiger partial charge < -0.3 is 4.57 Å². The Morgan fingerprint density at radius 2 is 2.36 bits per heavy atom. The van der Waals surface area contributed by atoms with Crippen LogP contribution in [-0.4, -0.2) is 9.55 Å². The molecule has 0 atom stereocenters. The van der Waals surface area contributed by atoms with Crippen molar-refractivity contribution >= 4 is 6.20 Å². The van der Waals surface area contributed by atoms with Crippen molar-refractivity contribution < 1.29 is 0 Å². The minimum absolute atomic E-state index is 1.41. The minimum Gasteiger partial charge on any atom is -0.313 e. The van der Waals surface area contributed by atoms with Crippen molar-refractivity contribution in [3.8, 4) is 6.07 Å². The zero-order chi connectivity index (χ0) is 7.94. The average Bonchev–Trinajstić information content (AvgIpc) is 2.50. The molecule has 0 fully saturated rings. The van der Waals surface area contributed by atoms with Gasteiger partial charge in [0.25, 0.3) is 0 Å². The quantitative estimate of drug-likeness (QED) is 0.466. The average molecular weight is 145 g/mol. The molecule has 0 saturated heterocycles. The molecule has 0 aliphatic rings. The zero-order valence-corrected chi connectivity index (χ0v) is 5.88. The molecule has 0 amide bonds. The highest BCUT2D eigenvalue weighted by Gasteiger charge is 1.76. The first-order chi connectivity index (χ1) is 5.43.